The van der Waals surface area contributed by atoms with Crippen LogP contribution in [0, 0.1) is 5.92 Å². The number of hydrogen-bond acceptors (Lipinski definition) is 5. The van der Waals surface area contributed by atoms with Crippen LogP contribution in [-0.2, 0) is 22.4 Å². The van der Waals surface area contributed by atoms with Gasteiger partial charge in [-0.05, 0) is 41.8 Å². The zero-order chi connectivity index (χ0) is 16.4. The lowest BCUT2D eigenvalue weighted by Crippen LogP contribution is -2.44. The quantitative estimate of drug-likeness (QED) is 0.749. The molecule has 0 radical (unpaired) electrons. The second-order valence-electron chi connectivity index (χ2n) is 5.94. The van der Waals surface area contributed by atoms with Crippen LogP contribution in [0.5, 0.6) is 11.5 Å². The molecule has 1 heterocycles. The zero-order valence-electron chi connectivity index (χ0n) is 12.5. The van der Waals surface area contributed by atoms with Gasteiger partial charge in [0, 0.05) is 12.3 Å². The fourth-order valence-electron chi connectivity index (χ4n) is 3.00. The Morgan fingerprint density at radius 2 is 1.65 bits per heavy atom. The molecule has 0 aliphatic carbocycles. The van der Waals surface area contributed by atoms with E-state index in [0.717, 1.165) is 5.56 Å². The number of esters is 1. The van der Waals surface area contributed by atoms with E-state index >= 15 is 0 Å². The Morgan fingerprint density at radius 1 is 1.04 bits per heavy atom. The van der Waals surface area contributed by atoms with E-state index in [2.05, 4.69) is 0 Å². The first-order valence-corrected chi connectivity index (χ1v) is 7.43. The maximum Gasteiger partial charge on any atom is 0.338 e. The molecule has 1 fully saturated rings. The van der Waals surface area contributed by atoms with Crippen LogP contribution in [0.4, 0.5) is 0 Å². The molecule has 23 heavy (non-hydrogen) atoms. The van der Waals surface area contributed by atoms with Crippen molar-refractivity contribution in [3.63, 3.8) is 0 Å². The number of aliphatic hydroxyl groups is 1. The first-order chi connectivity index (χ1) is 11.0. The Balaban J connectivity index is 1.83. The fourth-order valence-corrected chi connectivity index (χ4v) is 3.00. The van der Waals surface area contributed by atoms with Crippen molar-refractivity contribution in [2.45, 2.75) is 18.4 Å². The molecule has 5 heteroatoms. The van der Waals surface area contributed by atoms with Gasteiger partial charge in [-0.2, -0.15) is 0 Å². The van der Waals surface area contributed by atoms with E-state index in [0.29, 0.717) is 12.0 Å². The van der Waals surface area contributed by atoms with Gasteiger partial charge in [-0.1, -0.05) is 24.3 Å². The largest absolute Gasteiger partial charge is 0.508 e. The van der Waals surface area contributed by atoms with Gasteiger partial charge in [0.15, 0.2) is 5.60 Å². The van der Waals surface area contributed by atoms with Crippen molar-refractivity contribution in [2.75, 3.05) is 6.61 Å². The smallest absolute Gasteiger partial charge is 0.338 e. The molecular weight excluding hydrogens is 296 g/mol. The number of phenolic OH excluding ortho intramolecular Hbond substituents is 2. The topological polar surface area (TPSA) is 87.0 Å². The van der Waals surface area contributed by atoms with Gasteiger partial charge in [0.2, 0.25) is 0 Å². The maximum absolute atomic E-state index is 12.1. The lowest BCUT2D eigenvalue weighted by Gasteiger charge is -2.25. The summed E-state index contributed by atoms with van der Waals surface area (Å²) in [7, 11) is 0. The van der Waals surface area contributed by atoms with E-state index in [4.69, 9.17) is 4.74 Å². The minimum Gasteiger partial charge on any atom is -0.508 e. The molecule has 2 aromatic rings. The third-order valence-corrected chi connectivity index (χ3v) is 4.22. The highest BCUT2D eigenvalue weighted by Crippen LogP contribution is 2.34. The summed E-state index contributed by atoms with van der Waals surface area (Å²) in [6.07, 6.45) is 0.485. The molecule has 0 bridgehead atoms. The van der Waals surface area contributed by atoms with Crippen molar-refractivity contribution in [1.82, 2.24) is 0 Å². The number of hydrogen-bond donors (Lipinski definition) is 3. The monoisotopic (exact) mass is 314 g/mol. The summed E-state index contributed by atoms with van der Waals surface area (Å²) in [4.78, 5) is 12.1. The molecule has 0 spiro atoms. The van der Waals surface area contributed by atoms with E-state index in [9.17, 15) is 20.1 Å². The number of phenols is 2. The van der Waals surface area contributed by atoms with E-state index in [1.54, 1.807) is 30.3 Å². The minimum absolute atomic E-state index is 0.0731. The van der Waals surface area contributed by atoms with Crippen LogP contribution in [0.15, 0.2) is 48.5 Å². The summed E-state index contributed by atoms with van der Waals surface area (Å²) < 4.78 is 5.07. The number of rotatable bonds is 4. The van der Waals surface area contributed by atoms with Gasteiger partial charge < -0.3 is 20.1 Å². The van der Waals surface area contributed by atoms with Crippen LogP contribution in [0.25, 0.3) is 0 Å². The van der Waals surface area contributed by atoms with Crippen LogP contribution in [0.1, 0.15) is 11.1 Å². The van der Waals surface area contributed by atoms with Crippen LogP contribution < -0.4 is 0 Å². The third kappa shape index (κ3) is 3.14. The van der Waals surface area contributed by atoms with Crippen molar-refractivity contribution < 1.29 is 24.9 Å². The van der Waals surface area contributed by atoms with Gasteiger partial charge in [0.25, 0.3) is 0 Å². The zero-order valence-corrected chi connectivity index (χ0v) is 12.5. The fraction of sp³-hybridized carbons (Fsp3) is 0.278. The summed E-state index contributed by atoms with van der Waals surface area (Å²) in [5, 5.41) is 30.0. The van der Waals surface area contributed by atoms with Crippen LogP contribution >= 0.6 is 0 Å². The number of cyclic esters (lactones) is 1. The normalized spacial score (nSPS) is 23.7. The number of benzene rings is 2. The SMILES string of the molecule is O=C1OC[C@H](Cc2cccc(O)c2)[C@]1(O)Cc1cccc(O)c1. The number of carbonyl (C=O) groups excluding carboxylic acids is 1. The standard InChI is InChI=1S/C18H18O5/c19-15-5-1-3-12(8-15)7-14-11-23-17(21)18(14,22)10-13-4-2-6-16(20)9-13/h1-6,8-9,14,19-20,22H,7,10-11H2/t14-,18+/m0/s1. The van der Waals surface area contributed by atoms with Gasteiger partial charge in [-0.15, -0.1) is 0 Å². The Kier molecular flexibility index (Phi) is 3.96. The maximum atomic E-state index is 12.1. The van der Waals surface area contributed by atoms with Crippen LogP contribution in [-0.4, -0.2) is 33.5 Å². The first kappa shape index (κ1) is 15.4. The minimum atomic E-state index is -1.64. The second kappa shape index (κ2) is 5.93. The van der Waals surface area contributed by atoms with Crippen LogP contribution in [0.2, 0.25) is 0 Å². The highest BCUT2D eigenvalue weighted by molar-refractivity contribution is 5.82. The van der Waals surface area contributed by atoms with Gasteiger partial charge in [0.1, 0.15) is 11.5 Å². The van der Waals surface area contributed by atoms with Crippen molar-refractivity contribution in [1.29, 1.82) is 0 Å². The average molecular weight is 314 g/mol. The predicted octanol–water partition coefficient (Wildman–Crippen LogP) is 1.79. The Hall–Kier alpha value is -2.53. The lowest BCUT2D eigenvalue weighted by molar-refractivity contribution is -0.154. The molecule has 3 N–H and O–H groups in total. The molecule has 2 aromatic carbocycles. The number of aromatic hydroxyl groups is 2. The Labute approximate surface area is 133 Å². The number of carbonyl (C=O) groups is 1. The van der Waals surface area contributed by atoms with Gasteiger partial charge in [0.05, 0.1) is 6.61 Å². The van der Waals surface area contributed by atoms with E-state index < -0.39 is 17.5 Å². The van der Waals surface area contributed by atoms with Gasteiger partial charge in [-0.25, -0.2) is 4.79 Å². The summed E-state index contributed by atoms with van der Waals surface area (Å²) in [6.45, 7) is 0.129. The molecule has 2 atom stereocenters. The van der Waals surface area contributed by atoms with Crippen molar-refractivity contribution >= 4 is 5.97 Å². The summed E-state index contributed by atoms with van der Waals surface area (Å²) >= 11 is 0. The van der Waals surface area contributed by atoms with E-state index in [1.165, 1.54) is 12.1 Å². The molecule has 120 valence electrons. The predicted molar refractivity (Wildman–Crippen MR) is 83.0 cm³/mol. The molecule has 0 unspecified atom stereocenters. The number of ether oxygens (including phenoxy) is 1. The van der Waals surface area contributed by atoms with Crippen molar-refractivity contribution in [3.8, 4) is 11.5 Å². The summed E-state index contributed by atoms with van der Waals surface area (Å²) in [5.41, 5.74) is -0.158. The molecule has 1 aliphatic rings. The van der Waals surface area contributed by atoms with Crippen LogP contribution in [0.3, 0.4) is 0 Å². The van der Waals surface area contributed by atoms with Gasteiger partial charge in [-0.3, -0.25) is 0 Å². The average Bonchev–Trinajstić information content (AvgIpc) is 2.75. The first-order valence-electron chi connectivity index (χ1n) is 7.43. The Bertz CT molecular complexity index is 727. The summed E-state index contributed by atoms with van der Waals surface area (Å²) in [6, 6.07) is 13.2. The highest BCUT2D eigenvalue weighted by Gasteiger charge is 2.50. The van der Waals surface area contributed by atoms with E-state index in [1.807, 2.05) is 6.07 Å². The highest BCUT2D eigenvalue weighted by atomic mass is 16.6. The van der Waals surface area contributed by atoms with Crippen molar-refractivity contribution in [3.05, 3.63) is 59.7 Å². The lowest BCUT2D eigenvalue weighted by atomic mass is 9.81. The molecule has 0 amide bonds. The molecule has 5 nitrogen and oxygen atoms in total. The molecule has 1 aliphatic heterocycles. The molecule has 0 saturated carbocycles. The van der Waals surface area contributed by atoms with Gasteiger partial charge >= 0.3 is 5.97 Å². The van der Waals surface area contributed by atoms with E-state index in [-0.39, 0.29) is 24.5 Å². The molecular formula is C18H18O5. The molecule has 3 rings (SSSR count). The third-order valence-electron chi connectivity index (χ3n) is 4.22. The van der Waals surface area contributed by atoms with Crippen molar-refractivity contribution in [2.24, 2.45) is 5.92 Å². The summed E-state index contributed by atoms with van der Waals surface area (Å²) in [5.74, 6) is -0.837. The molecule has 1 saturated heterocycles. The second-order valence-corrected chi connectivity index (χ2v) is 5.94. The molecule has 0 aromatic heterocycles. The Morgan fingerprint density at radius 3 is 2.30 bits per heavy atom.